The molecule has 1 aromatic carbocycles. The van der Waals surface area contributed by atoms with Gasteiger partial charge in [0.1, 0.15) is 5.71 Å². The first-order valence-corrected chi connectivity index (χ1v) is 4.37. The molecule has 1 aromatic rings. The van der Waals surface area contributed by atoms with Crippen LogP contribution in [0.4, 0.5) is 0 Å². The average molecular weight is 224 g/mol. The van der Waals surface area contributed by atoms with Gasteiger partial charge >= 0.3 is 5.97 Å². The Kier molecular flexibility index (Phi) is 3.71. The van der Waals surface area contributed by atoms with E-state index in [0.29, 0.717) is 5.56 Å². The smallest absolute Gasteiger partial charge is 0.349 e. The molecule has 0 aliphatic heterocycles. The molecule has 0 fully saturated rings. The van der Waals surface area contributed by atoms with E-state index in [4.69, 9.17) is 9.84 Å². The maximum absolute atomic E-state index is 10.5. The van der Waals surface area contributed by atoms with Gasteiger partial charge in [-0.3, -0.25) is 0 Å². The largest absolute Gasteiger partial charge is 0.792 e. The minimum Gasteiger partial charge on any atom is -0.792 e. The molecule has 6 heteroatoms. The number of carbonyl (C=O) groups is 1. The van der Waals surface area contributed by atoms with E-state index in [0.717, 1.165) is 0 Å². The zero-order valence-corrected chi connectivity index (χ0v) is 8.51. The Hall–Kier alpha value is -2.24. The average Bonchev–Trinajstić information content (AvgIpc) is 2.27. The van der Waals surface area contributed by atoms with Crippen LogP contribution in [0.3, 0.4) is 0 Å². The molecule has 0 radical (unpaired) electrons. The Morgan fingerprint density at radius 2 is 2.25 bits per heavy atom. The molecule has 1 rings (SSSR count). The molecule has 0 aliphatic carbocycles. The van der Waals surface area contributed by atoms with Crippen LogP contribution in [-0.4, -0.2) is 29.0 Å². The number of nitrogens with zero attached hydrogens (tertiary/aromatic N) is 1. The fourth-order valence-corrected chi connectivity index (χ4v) is 1.17. The number of aromatic hydroxyl groups is 1. The normalized spacial score (nSPS) is 11.2. The van der Waals surface area contributed by atoms with E-state index >= 15 is 0 Å². The van der Waals surface area contributed by atoms with Gasteiger partial charge < -0.3 is 25.3 Å². The third kappa shape index (κ3) is 2.63. The third-order valence-electron chi connectivity index (χ3n) is 1.97. The van der Waals surface area contributed by atoms with Crippen LogP contribution in [0.1, 0.15) is 5.56 Å². The van der Waals surface area contributed by atoms with Crippen molar-refractivity contribution < 1.29 is 19.7 Å². The van der Waals surface area contributed by atoms with Crippen molar-refractivity contribution in [3.05, 3.63) is 29.0 Å². The number of methoxy groups -OCH3 is 1. The Balaban J connectivity index is 2.94. The molecule has 2 N–H and O–H groups in total. The number of ether oxygens (including phenoxy) is 1. The highest BCUT2D eigenvalue weighted by atomic mass is 16.5. The number of aliphatic carboxylic acids is 1. The van der Waals surface area contributed by atoms with Gasteiger partial charge in [0, 0.05) is 6.42 Å². The van der Waals surface area contributed by atoms with Gasteiger partial charge in [-0.2, -0.15) is 0 Å². The van der Waals surface area contributed by atoms with E-state index in [1.54, 1.807) is 0 Å². The Morgan fingerprint density at radius 1 is 1.56 bits per heavy atom. The van der Waals surface area contributed by atoms with Crippen LogP contribution in [0.2, 0.25) is 0 Å². The van der Waals surface area contributed by atoms with Gasteiger partial charge in [-0.1, -0.05) is 6.07 Å². The van der Waals surface area contributed by atoms with Gasteiger partial charge in [-0.05, 0) is 17.7 Å². The number of rotatable bonds is 4. The third-order valence-corrected chi connectivity index (χ3v) is 1.97. The first-order valence-electron chi connectivity index (χ1n) is 4.37. The molecule has 0 saturated carbocycles. The topological polar surface area (TPSA) is 102 Å². The van der Waals surface area contributed by atoms with Crippen molar-refractivity contribution >= 4 is 11.7 Å². The Morgan fingerprint density at radius 3 is 2.75 bits per heavy atom. The number of benzene rings is 1. The molecule has 0 spiro atoms. The van der Waals surface area contributed by atoms with E-state index in [1.807, 2.05) is 0 Å². The molecule has 0 aliphatic rings. The first kappa shape index (κ1) is 11.8. The summed E-state index contributed by atoms with van der Waals surface area (Å²) in [6, 6.07) is 4.30. The monoisotopic (exact) mass is 224 g/mol. The fourth-order valence-electron chi connectivity index (χ4n) is 1.17. The lowest BCUT2D eigenvalue weighted by Crippen LogP contribution is -2.15. The zero-order chi connectivity index (χ0) is 12.1. The van der Waals surface area contributed by atoms with Crippen molar-refractivity contribution in [1.29, 1.82) is 0 Å². The van der Waals surface area contributed by atoms with Crippen molar-refractivity contribution in [2.24, 2.45) is 5.16 Å². The quantitative estimate of drug-likeness (QED) is 0.585. The van der Waals surface area contributed by atoms with E-state index in [1.165, 1.54) is 25.3 Å². The SMILES string of the molecule is COc1cc(CC(=N[O-])C(=O)O)ccc1O. The van der Waals surface area contributed by atoms with Crippen molar-refractivity contribution in [1.82, 2.24) is 0 Å². The van der Waals surface area contributed by atoms with Crippen LogP contribution in [0, 0.1) is 5.21 Å². The molecule has 86 valence electrons. The predicted octanol–water partition coefficient (Wildman–Crippen LogP) is 0.967. The van der Waals surface area contributed by atoms with Crippen LogP contribution in [0.5, 0.6) is 11.5 Å². The summed E-state index contributed by atoms with van der Waals surface area (Å²) in [6.45, 7) is 0. The summed E-state index contributed by atoms with van der Waals surface area (Å²) in [6.07, 6.45) is -0.116. The summed E-state index contributed by atoms with van der Waals surface area (Å²) in [5, 5.41) is 30.6. The second-order valence-electron chi connectivity index (χ2n) is 3.03. The van der Waals surface area contributed by atoms with Crippen LogP contribution in [0.25, 0.3) is 0 Å². The molecule has 0 aromatic heterocycles. The Labute approximate surface area is 91.4 Å². The van der Waals surface area contributed by atoms with E-state index < -0.39 is 11.7 Å². The number of hydrogen-bond donors (Lipinski definition) is 2. The van der Waals surface area contributed by atoms with Crippen molar-refractivity contribution in [2.75, 3.05) is 7.11 Å². The molecule has 0 unspecified atom stereocenters. The molecule has 0 bridgehead atoms. The molecule has 16 heavy (non-hydrogen) atoms. The van der Waals surface area contributed by atoms with Gasteiger partial charge in [0.2, 0.25) is 0 Å². The minimum atomic E-state index is -1.36. The van der Waals surface area contributed by atoms with Crippen LogP contribution in [0.15, 0.2) is 23.4 Å². The molecule has 0 amide bonds. The van der Waals surface area contributed by atoms with E-state index in [9.17, 15) is 15.1 Å². The number of carboxylic acid groups (broad SMARTS) is 1. The van der Waals surface area contributed by atoms with Crippen LogP contribution in [-0.2, 0) is 11.2 Å². The zero-order valence-electron chi connectivity index (χ0n) is 8.51. The maximum Gasteiger partial charge on any atom is 0.349 e. The highest BCUT2D eigenvalue weighted by molar-refractivity contribution is 6.36. The molecule has 6 nitrogen and oxygen atoms in total. The van der Waals surface area contributed by atoms with Gasteiger partial charge in [0.15, 0.2) is 11.5 Å². The molecule has 0 saturated heterocycles. The summed E-state index contributed by atoms with van der Waals surface area (Å²) < 4.78 is 4.85. The second kappa shape index (κ2) is 5.01. The van der Waals surface area contributed by atoms with Crippen LogP contribution < -0.4 is 4.74 Å². The summed E-state index contributed by atoms with van der Waals surface area (Å²) in [5.41, 5.74) is 0.0272. The molecular weight excluding hydrogens is 214 g/mol. The van der Waals surface area contributed by atoms with Crippen molar-refractivity contribution in [3.8, 4) is 11.5 Å². The lowest BCUT2D eigenvalue weighted by Gasteiger charge is -2.07. The van der Waals surface area contributed by atoms with Gasteiger partial charge in [-0.15, -0.1) is 0 Å². The molecular formula is C10H10NO5-. The highest BCUT2D eigenvalue weighted by Crippen LogP contribution is 2.26. The lowest BCUT2D eigenvalue weighted by atomic mass is 10.1. The van der Waals surface area contributed by atoms with Crippen LogP contribution >= 0.6 is 0 Å². The molecule has 0 atom stereocenters. The molecule has 0 heterocycles. The van der Waals surface area contributed by atoms with Crippen molar-refractivity contribution in [2.45, 2.75) is 6.42 Å². The summed E-state index contributed by atoms with van der Waals surface area (Å²) >= 11 is 0. The van der Waals surface area contributed by atoms with E-state index in [-0.39, 0.29) is 17.9 Å². The van der Waals surface area contributed by atoms with Gasteiger partial charge in [-0.25, -0.2) is 4.79 Å². The maximum atomic E-state index is 10.5. The summed E-state index contributed by atoms with van der Waals surface area (Å²) in [7, 11) is 1.37. The number of phenols is 1. The minimum absolute atomic E-state index is 0.0535. The Bertz CT molecular complexity index is 427. The van der Waals surface area contributed by atoms with E-state index in [2.05, 4.69) is 5.16 Å². The lowest BCUT2D eigenvalue weighted by molar-refractivity contribution is -0.129. The first-order chi connectivity index (χ1) is 7.58. The summed E-state index contributed by atoms with van der Waals surface area (Å²) in [4.78, 5) is 10.5. The standard InChI is InChI=1S/C10H11NO5/c1-16-9-5-6(2-3-8(9)12)4-7(11-15)10(13)14/h2-3,5,12,15H,4H2,1H3,(H,13,14)/p-1. The van der Waals surface area contributed by atoms with Crippen molar-refractivity contribution in [3.63, 3.8) is 0 Å². The van der Waals surface area contributed by atoms with Gasteiger partial charge in [0.25, 0.3) is 0 Å². The van der Waals surface area contributed by atoms with Gasteiger partial charge in [0.05, 0.1) is 7.11 Å². The second-order valence-corrected chi connectivity index (χ2v) is 3.03. The predicted molar refractivity (Wildman–Crippen MR) is 56.8 cm³/mol. The summed E-state index contributed by atoms with van der Waals surface area (Å²) in [5.74, 6) is -1.20. The number of phenolic OH excluding ortho intramolecular Hbond substituents is 1. The fraction of sp³-hybridized carbons (Fsp3) is 0.200. The highest BCUT2D eigenvalue weighted by Gasteiger charge is 2.10. The number of carboxylic acids is 1. The number of hydrogen-bond acceptors (Lipinski definition) is 5.